The molecule has 20 heavy (non-hydrogen) atoms. The number of hydrogen-bond donors (Lipinski definition) is 1. The number of carbonyl (C=O) groups excluding carboxylic acids is 1. The minimum Gasteiger partial charge on any atom is -0.383 e. The van der Waals surface area contributed by atoms with Crippen LogP contribution >= 0.6 is 0 Å². The van der Waals surface area contributed by atoms with Crippen molar-refractivity contribution in [2.24, 2.45) is 0 Å². The maximum atomic E-state index is 13.0. The van der Waals surface area contributed by atoms with Crippen molar-refractivity contribution in [1.29, 1.82) is 0 Å². The summed E-state index contributed by atoms with van der Waals surface area (Å²) < 4.78 is 19.0. The van der Waals surface area contributed by atoms with Gasteiger partial charge in [0.15, 0.2) is 0 Å². The van der Waals surface area contributed by atoms with E-state index in [9.17, 15) is 14.0 Å². The van der Waals surface area contributed by atoms with Crippen LogP contribution in [0.25, 0.3) is 10.9 Å². The third-order valence-electron chi connectivity index (χ3n) is 2.73. The van der Waals surface area contributed by atoms with E-state index < -0.39 is 5.82 Å². The molecule has 1 aromatic heterocycles. The minimum atomic E-state index is -0.459. The Bertz CT molecular complexity index is 684. The van der Waals surface area contributed by atoms with Gasteiger partial charge in [-0.25, -0.2) is 9.37 Å². The van der Waals surface area contributed by atoms with Gasteiger partial charge in [0, 0.05) is 19.7 Å². The van der Waals surface area contributed by atoms with Crippen molar-refractivity contribution in [3.8, 4) is 0 Å². The average Bonchev–Trinajstić information content (AvgIpc) is 2.42. The Kier molecular flexibility index (Phi) is 4.41. The van der Waals surface area contributed by atoms with Crippen LogP contribution in [0.1, 0.15) is 0 Å². The number of ether oxygens (including phenoxy) is 1. The molecular weight excluding hydrogens is 265 g/mol. The molecule has 106 valence electrons. The van der Waals surface area contributed by atoms with E-state index in [4.69, 9.17) is 4.74 Å². The Morgan fingerprint density at radius 1 is 1.50 bits per heavy atom. The van der Waals surface area contributed by atoms with Gasteiger partial charge in [-0.1, -0.05) is 0 Å². The summed E-state index contributed by atoms with van der Waals surface area (Å²) in [5.74, 6) is -0.771. The number of rotatable bonds is 5. The van der Waals surface area contributed by atoms with Crippen molar-refractivity contribution in [2.45, 2.75) is 6.54 Å². The largest absolute Gasteiger partial charge is 0.383 e. The molecule has 1 heterocycles. The molecule has 0 saturated heterocycles. The highest BCUT2D eigenvalue weighted by Gasteiger charge is 2.08. The summed E-state index contributed by atoms with van der Waals surface area (Å²) in [4.78, 5) is 27.7. The van der Waals surface area contributed by atoms with Gasteiger partial charge in [0.25, 0.3) is 5.56 Å². The van der Waals surface area contributed by atoms with Crippen LogP contribution in [0.2, 0.25) is 0 Å². The maximum Gasteiger partial charge on any atom is 0.261 e. The normalized spacial score (nSPS) is 10.7. The third-order valence-corrected chi connectivity index (χ3v) is 2.73. The van der Waals surface area contributed by atoms with Crippen molar-refractivity contribution in [1.82, 2.24) is 14.9 Å². The van der Waals surface area contributed by atoms with E-state index in [0.29, 0.717) is 13.2 Å². The lowest BCUT2D eigenvalue weighted by atomic mass is 10.2. The first kappa shape index (κ1) is 14.1. The summed E-state index contributed by atoms with van der Waals surface area (Å²) in [6, 6.07) is 3.73. The lowest BCUT2D eigenvalue weighted by Crippen LogP contribution is -2.34. The van der Waals surface area contributed by atoms with Crippen LogP contribution in [0.15, 0.2) is 29.3 Å². The summed E-state index contributed by atoms with van der Waals surface area (Å²) in [6.45, 7) is 0.634. The van der Waals surface area contributed by atoms with E-state index in [2.05, 4.69) is 10.3 Å². The van der Waals surface area contributed by atoms with Gasteiger partial charge in [0.05, 0.1) is 23.8 Å². The summed E-state index contributed by atoms with van der Waals surface area (Å²) in [7, 11) is 1.53. The molecule has 2 rings (SSSR count). The van der Waals surface area contributed by atoms with Gasteiger partial charge in [-0.2, -0.15) is 0 Å². The van der Waals surface area contributed by atoms with E-state index >= 15 is 0 Å². The standard InChI is InChI=1S/C13H14FN3O3/c1-20-5-4-15-12(18)7-17-8-16-11-6-9(14)2-3-10(11)13(17)19/h2-3,6,8H,4-5,7H2,1H3,(H,15,18). The van der Waals surface area contributed by atoms with Crippen molar-refractivity contribution in [3.63, 3.8) is 0 Å². The van der Waals surface area contributed by atoms with E-state index in [1.807, 2.05) is 0 Å². The van der Waals surface area contributed by atoms with Crippen LogP contribution in [-0.2, 0) is 16.1 Å². The predicted octanol–water partition coefficient (Wildman–Crippen LogP) is 0.298. The number of methoxy groups -OCH3 is 1. The molecule has 1 N–H and O–H groups in total. The number of nitrogens with zero attached hydrogens (tertiary/aromatic N) is 2. The first-order valence-electron chi connectivity index (χ1n) is 6.02. The number of amides is 1. The highest BCUT2D eigenvalue weighted by atomic mass is 19.1. The number of nitrogens with one attached hydrogen (secondary N) is 1. The number of halogens is 1. The zero-order valence-corrected chi connectivity index (χ0v) is 10.9. The van der Waals surface area contributed by atoms with E-state index in [0.717, 1.165) is 0 Å². The quantitative estimate of drug-likeness (QED) is 0.799. The molecule has 0 spiro atoms. The number of fused-ring (bicyclic) bond motifs is 1. The summed E-state index contributed by atoms with van der Waals surface area (Å²) in [6.07, 6.45) is 1.24. The Morgan fingerprint density at radius 3 is 3.05 bits per heavy atom. The second-order valence-corrected chi connectivity index (χ2v) is 4.18. The number of hydrogen-bond acceptors (Lipinski definition) is 4. The van der Waals surface area contributed by atoms with E-state index in [1.165, 1.54) is 36.2 Å². The summed E-state index contributed by atoms with van der Waals surface area (Å²) in [5.41, 5.74) is -0.108. The Labute approximate surface area is 114 Å². The van der Waals surface area contributed by atoms with Crippen LogP contribution in [0.4, 0.5) is 4.39 Å². The molecular formula is C13H14FN3O3. The third kappa shape index (κ3) is 3.18. The van der Waals surface area contributed by atoms with Crippen LogP contribution < -0.4 is 10.9 Å². The molecule has 0 bridgehead atoms. The Hall–Kier alpha value is -2.28. The molecule has 1 aromatic carbocycles. The molecule has 0 saturated carbocycles. The average molecular weight is 279 g/mol. The predicted molar refractivity (Wildman–Crippen MR) is 70.8 cm³/mol. The van der Waals surface area contributed by atoms with Crippen LogP contribution in [0, 0.1) is 5.82 Å². The Morgan fingerprint density at radius 2 is 2.30 bits per heavy atom. The fourth-order valence-electron chi connectivity index (χ4n) is 1.75. The number of benzene rings is 1. The first-order valence-corrected chi connectivity index (χ1v) is 6.02. The lowest BCUT2D eigenvalue weighted by Gasteiger charge is -2.07. The zero-order valence-electron chi connectivity index (χ0n) is 10.9. The minimum absolute atomic E-state index is 0.136. The highest BCUT2D eigenvalue weighted by Crippen LogP contribution is 2.08. The molecule has 2 aromatic rings. The monoisotopic (exact) mass is 279 g/mol. The van der Waals surface area contributed by atoms with E-state index in [-0.39, 0.29) is 28.9 Å². The Balaban J connectivity index is 2.19. The highest BCUT2D eigenvalue weighted by molar-refractivity contribution is 5.78. The molecule has 0 unspecified atom stereocenters. The number of carbonyl (C=O) groups is 1. The second-order valence-electron chi connectivity index (χ2n) is 4.18. The van der Waals surface area contributed by atoms with Crippen molar-refractivity contribution >= 4 is 16.8 Å². The summed E-state index contributed by atoms with van der Waals surface area (Å²) in [5, 5.41) is 2.88. The fourth-order valence-corrected chi connectivity index (χ4v) is 1.75. The second kappa shape index (κ2) is 6.25. The molecule has 0 fully saturated rings. The molecule has 7 heteroatoms. The van der Waals surface area contributed by atoms with Gasteiger partial charge >= 0.3 is 0 Å². The number of aromatic nitrogens is 2. The van der Waals surface area contributed by atoms with Gasteiger partial charge in [-0.05, 0) is 12.1 Å². The van der Waals surface area contributed by atoms with Crippen LogP contribution in [0.3, 0.4) is 0 Å². The van der Waals surface area contributed by atoms with Crippen molar-refractivity contribution in [2.75, 3.05) is 20.3 Å². The molecule has 0 radical (unpaired) electrons. The zero-order chi connectivity index (χ0) is 14.5. The van der Waals surface area contributed by atoms with Gasteiger partial charge in [-0.3, -0.25) is 14.2 Å². The molecule has 0 aliphatic carbocycles. The maximum absolute atomic E-state index is 13.0. The van der Waals surface area contributed by atoms with Gasteiger partial charge in [-0.15, -0.1) is 0 Å². The van der Waals surface area contributed by atoms with Crippen LogP contribution in [0.5, 0.6) is 0 Å². The fraction of sp³-hybridized carbons (Fsp3) is 0.308. The molecule has 6 nitrogen and oxygen atoms in total. The first-order chi connectivity index (χ1) is 9.61. The topological polar surface area (TPSA) is 73.2 Å². The molecule has 0 atom stereocenters. The van der Waals surface area contributed by atoms with Crippen molar-refractivity contribution in [3.05, 3.63) is 40.7 Å². The SMILES string of the molecule is COCCNC(=O)Cn1cnc2cc(F)ccc2c1=O. The summed E-state index contributed by atoms with van der Waals surface area (Å²) >= 11 is 0. The van der Waals surface area contributed by atoms with Gasteiger partial charge in [0.1, 0.15) is 12.4 Å². The van der Waals surface area contributed by atoms with Gasteiger partial charge < -0.3 is 10.1 Å². The molecule has 1 amide bonds. The molecule has 0 aliphatic heterocycles. The van der Waals surface area contributed by atoms with Crippen molar-refractivity contribution < 1.29 is 13.9 Å². The van der Waals surface area contributed by atoms with Gasteiger partial charge in [0.2, 0.25) is 5.91 Å². The van der Waals surface area contributed by atoms with Crippen LogP contribution in [-0.4, -0.2) is 35.7 Å². The lowest BCUT2D eigenvalue weighted by molar-refractivity contribution is -0.121. The van der Waals surface area contributed by atoms with E-state index in [1.54, 1.807) is 0 Å². The smallest absolute Gasteiger partial charge is 0.261 e. The molecule has 0 aliphatic rings.